The van der Waals surface area contributed by atoms with E-state index in [0.717, 1.165) is 38.3 Å². The molecule has 0 bridgehead atoms. The number of aromatic nitrogens is 2. The van der Waals surface area contributed by atoms with Crippen LogP contribution in [0.25, 0.3) is 0 Å². The van der Waals surface area contributed by atoms with Gasteiger partial charge < -0.3 is 9.88 Å². The van der Waals surface area contributed by atoms with Crippen LogP contribution in [0.5, 0.6) is 0 Å². The molecule has 2 aromatic rings. The van der Waals surface area contributed by atoms with Crippen LogP contribution in [0.4, 0.5) is 0 Å². The standard InChI is InChI=1S/C21H30N4O/c1-21(2,18-7-5-4-6-8-18)16-23-20(26)17-9-12-25(13-10-17)15-19-22-11-14-24(19)3/h4-8,11,14,17H,9-10,12-13,15-16H2,1-3H3,(H,23,26). The molecular formula is C21H30N4O. The van der Waals surface area contributed by atoms with Gasteiger partial charge in [-0.15, -0.1) is 0 Å². The highest BCUT2D eigenvalue weighted by molar-refractivity contribution is 5.78. The first-order valence-corrected chi connectivity index (χ1v) is 9.47. The normalized spacial score (nSPS) is 16.6. The van der Waals surface area contributed by atoms with Gasteiger partial charge in [0.2, 0.25) is 5.91 Å². The maximum absolute atomic E-state index is 12.6. The van der Waals surface area contributed by atoms with Gasteiger partial charge in [-0.2, -0.15) is 0 Å². The lowest BCUT2D eigenvalue weighted by Crippen LogP contribution is -2.43. The van der Waals surface area contributed by atoms with Gasteiger partial charge in [-0.3, -0.25) is 9.69 Å². The van der Waals surface area contributed by atoms with Gasteiger partial charge in [0.05, 0.1) is 6.54 Å². The molecule has 5 nitrogen and oxygen atoms in total. The Morgan fingerprint density at radius 2 is 1.92 bits per heavy atom. The van der Waals surface area contributed by atoms with E-state index in [0.29, 0.717) is 6.54 Å². The SMILES string of the molecule is Cn1ccnc1CN1CCC(C(=O)NCC(C)(C)c2ccccc2)CC1. The van der Waals surface area contributed by atoms with Crippen LogP contribution in [0, 0.1) is 5.92 Å². The van der Waals surface area contributed by atoms with E-state index in [2.05, 4.69) is 57.9 Å². The number of hydrogen-bond donors (Lipinski definition) is 1. The first kappa shape index (κ1) is 18.6. The number of hydrogen-bond acceptors (Lipinski definition) is 3. The van der Waals surface area contributed by atoms with E-state index in [-0.39, 0.29) is 17.2 Å². The molecule has 1 aliphatic heterocycles. The predicted molar refractivity (Wildman–Crippen MR) is 104 cm³/mol. The molecular weight excluding hydrogens is 324 g/mol. The minimum atomic E-state index is -0.0597. The summed E-state index contributed by atoms with van der Waals surface area (Å²) in [6, 6.07) is 10.4. The fourth-order valence-corrected chi connectivity index (χ4v) is 3.55. The average Bonchev–Trinajstić information content (AvgIpc) is 3.06. The Labute approximate surface area is 156 Å². The number of likely N-dealkylation sites (tertiary alicyclic amines) is 1. The smallest absolute Gasteiger partial charge is 0.223 e. The van der Waals surface area contributed by atoms with E-state index in [1.807, 2.05) is 25.5 Å². The molecule has 0 radical (unpaired) electrons. The summed E-state index contributed by atoms with van der Waals surface area (Å²) in [7, 11) is 2.02. The number of carbonyl (C=O) groups excluding carboxylic acids is 1. The molecule has 1 aliphatic rings. The maximum atomic E-state index is 12.6. The number of rotatable bonds is 6. The number of imidazole rings is 1. The molecule has 0 spiro atoms. The summed E-state index contributed by atoms with van der Waals surface area (Å²) in [5, 5.41) is 3.19. The fraction of sp³-hybridized carbons (Fsp3) is 0.524. The van der Waals surface area contributed by atoms with Crippen molar-refractivity contribution in [2.24, 2.45) is 13.0 Å². The topological polar surface area (TPSA) is 50.2 Å². The molecule has 2 heterocycles. The molecule has 1 amide bonds. The Morgan fingerprint density at radius 1 is 1.23 bits per heavy atom. The highest BCUT2D eigenvalue weighted by Gasteiger charge is 2.27. The van der Waals surface area contributed by atoms with Crippen LogP contribution in [0.1, 0.15) is 38.1 Å². The number of carbonyl (C=O) groups is 1. The van der Waals surface area contributed by atoms with Crippen LogP contribution in [0.2, 0.25) is 0 Å². The molecule has 3 rings (SSSR count). The molecule has 140 valence electrons. The summed E-state index contributed by atoms with van der Waals surface area (Å²) >= 11 is 0. The second-order valence-corrected chi connectivity index (χ2v) is 7.97. The molecule has 0 saturated carbocycles. The number of benzene rings is 1. The summed E-state index contributed by atoms with van der Waals surface area (Å²) in [4.78, 5) is 19.4. The average molecular weight is 354 g/mol. The maximum Gasteiger partial charge on any atom is 0.223 e. The molecule has 26 heavy (non-hydrogen) atoms. The summed E-state index contributed by atoms with van der Waals surface area (Å²) in [5.41, 5.74) is 1.20. The van der Waals surface area contributed by atoms with Crippen molar-refractivity contribution in [1.82, 2.24) is 19.8 Å². The van der Waals surface area contributed by atoms with E-state index < -0.39 is 0 Å². The quantitative estimate of drug-likeness (QED) is 0.868. The largest absolute Gasteiger partial charge is 0.355 e. The van der Waals surface area contributed by atoms with Crippen LogP contribution in [-0.4, -0.2) is 40.0 Å². The fourth-order valence-electron chi connectivity index (χ4n) is 3.55. The molecule has 0 aliphatic carbocycles. The number of amides is 1. The zero-order chi connectivity index (χ0) is 18.6. The summed E-state index contributed by atoms with van der Waals surface area (Å²) in [6.45, 7) is 7.79. The van der Waals surface area contributed by atoms with Gasteiger partial charge in [-0.05, 0) is 31.5 Å². The summed E-state index contributed by atoms with van der Waals surface area (Å²) in [5.74, 6) is 1.40. The molecule has 1 saturated heterocycles. The van der Waals surface area contributed by atoms with E-state index in [1.54, 1.807) is 0 Å². The third kappa shape index (κ3) is 4.52. The lowest BCUT2D eigenvalue weighted by molar-refractivity contribution is -0.126. The molecule has 5 heteroatoms. The first-order valence-electron chi connectivity index (χ1n) is 9.47. The van der Waals surface area contributed by atoms with Gasteiger partial charge in [-0.1, -0.05) is 44.2 Å². The van der Waals surface area contributed by atoms with Gasteiger partial charge in [0, 0.05) is 37.3 Å². The van der Waals surface area contributed by atoms with Gasteiger partial charge in [-0.25, -0.2) is 4.98 Å². The Hall–Kier alpha value is -2.14. The Morgan fingerprint density at radius 3 is 2.54 bits per heavy atom. The number of piperidine rings is 1. The van der Waals surface area contributed by atoms with Gasteiger partial charge in [0.15, 0.2) is 0 Å². The van der Waals surface area contributed by atoms with Crippen molar-refractivity contribution in [2.45, 2.75) is 38.6 Å². The van der Waals surface area contributed by atoms with E-state index in [9.17, 15) is 4.79 Å². The van der Waals surface area contributed by atoms with E-state index in [1.165, 1.54) is 5.56 Å². The van der Waals surface area contributed by atoms with Crippen molar-refractivity contribution in [3.8, 4) is 0 Å². The molecule has 0 atom stereocenters. The van der Waals surface area contributed by atoms with Crippen LogP contribution >= 0.6 is 0 Å². The van der Waals surface area contributed by atoms with Gasteiger partial charge >= 0.3 is 0 Å². The minimum Gasteiger partial charge on any atom is -0.355 e. The Kier molecular flexibility index (Phi) is 5.77. The monoisotopic (exact) mass is 354 g/mol. The molecule has 1 aromatic carbocycles. The van der Waals surface area contributed by atoms with Crippen molar-refractivity contribution >= 4 is 5.91 Å². The Balaban J connectivity index is 1.46. The van der Waals surface area contributed by atoms with Crippen molar-refractivity contribution < 1.29 is 4.79 Å². The second-order valence-electron chi connectivity index (χ2n) is 7.97. The van der Waals surface area contributed by atoms with E-state index in [4.69, 9.17) is 0 Å². The zero-order valence-electron chi connectivity index (χ0n) is 16.1. The number of nitrogens with one attached hydrogen (secondary N) is 1. The van der Waals surface area contributed by atoms with Crippen molar-refractivity contribution in [3.63, 3.8) is 0 Å². The molecule has 0 unspecified atom stereocenters. The lowest BCUT2D eigenvalue weighted by Gasteiger charge is -2.32. The van der Waals surface area contributed by atoms with Crippen molar-refractivity contribution in [3.05, 3.63) is 54.1 Å². The molecule has 1 fully saturated rings. The van der Waals surface area contributed by atoms with Crippen molar-refractivity contribution in [2.75, 3.05) is 19.6 Å². The van der Waals surface area contributed by atoms with Crippen LogP contribution in [0.3, 0.4) is 0 Å². The molecule has 1 aromatic heterocycles. The van der Waals surface area contributed by atoms with E-state index >= 15 is 0 Å². The number of nitrogens with zero attached hydrogens (tertiary/aromatic N) is 3. The summed E-state index contributed by atoms with van der Waals surface area (Å²) < 4.78 is 2.06. The van der Waals surface area contributed by atoms with Crippen LogP contribution in [0.15, 0.2) is 42.7 Å². The highest BCUT2D eigenvalue weighted by atomic mass is 16.1. The second kappa shape index (κ2) is 8.04. The summed E-state index contributed by atoms with van der Waals surface area (Å²) in [6.07, 6.45) is 5.65. The third-order valence-electron chi connectivity index (χ3n) is 5.50. The van der Waals surface area contributed by atoms with Crippen molar-refractivity contribution in [1.29, 1.82) is 0 Å². The highest BCUT2D eigenvalue weighted by Crippen LogP contribution is 2.23. The Bertz CT molecular complexity index is 715. The minimum absolute atomic E-state index is 0.0597. The number of aryl methyl sites for hydroxylation is 1. The third-order valence-corrected chi connectivity index (χ3v) is 5.50. The van der Waals surface area contributed by atoms with Gasteiger partial charge in [0.25, 0.3) is 0 Å². The van der Waals surface area contributed by atoms with Gasteiger partial charge in [0.1, 0.15) is 5.82 Å². The van der Waals surface area contributed by atoms with Crippen LogP contribution < -0.4 is 5.32 Å². The predicted octanol–water partition coefficient (Wildman–Crippen LogP) is 2.73. The zero-order valence-corrected chi connectivity index (χ0v) is 16.1. The molecule has 1 N–H and O–H groups in total. The van der Waals surface area contributed by atoms with Crippen LogP contribution in [-0.2, 0) is 23.8 Å². The lowest BCUT2D eigenvalue weighted by atomic mass is 9.84. The first-order chi connectivity index (χ1) is 12.5.